The summed E-state index contributed by atoms with van der Waals surface area (Å²) in [6.45, 7) is 2.19. The lowest BCUT2D eigenvalue weighted by Gasteiger charge is -2.35. The maximum atomic E-state index is 4.74. The van der Waals surface area contributed by atoms with E-state index in [9.17, 15) is 0 Å². The topological polar surface area (TPSA) is 44.0 Å². The quantitative estimate of drug-likeness (QED) is 0.885. The molecule has 1 atom stereocenters. The number of hydrogen-bond acceptors (Lipinski definition) is 3. The molecule has 2 heterocycles. The van der Waals surface area contributed by atoms with Crippen LogP contribution in [-0.2, 0) is 0 Å². The molecule has 3 rings (SSSR count). The van der Waals surface area contributed by atoms with E-state index < -0.39 is 0 Å². The highest BCUT2D eigenvalue weighted by Crippen LogP contribution is 2.26. The molecule has 1 fully saturated rings. The molecule has 1 aromatic carbocycles. The molecule has 1 unspecified atom stereocenters. The van der Waals surface area contributed by atoms with Crippen molar-refractivity contribution in [3.8, 4) is 0 Å². The summed E-state index contributed by atoms with van der Waals surface area (Å²) in [5.74, 6) is 1.04. The van der Waals surface area contributed by atoms with Crippen molar-refractivity contribution in [1.29, 1.82) is 0 Å². The summed E-state index contributed by atoms with van der Waals surface area (Å²) in [7, 11) is 2.02. The van der Waals surface area contributed by atoms with E-state index in [0.29, 0.717) is 6.04 Å². The lowest BCUT2D eigenvalue weighted by Crippen LogP contribution is -2.41. The van der Waals surface area contributed by atoms with E-state index >= 15 is 0 Å². The number of anilines is 1. The number of nitrogens with one attached hydrogen (secondary N) is 2. The normalized spacial score (nSPS) is 20.1. The number of para-hydroxylation sites is 2. The Bertz CT molecular complexity index is 501. The first-order valence-electron chi connectivity index (χ1n) is 7.24. The molecule has 2 N–H and O–H groups in total. The zero-order valence-electron chi connectivity index (χ0n) is 11.5. The summed E-state index contributed by atoms with van der Waals surface area (Å²) in [6, 6.07) is 8.88. The van der Waals surface area contributed by atoms with Crippen molar-refractivity contribution in [2.75, 3.05) is 25.0 Å². The van der Waals surface area contributed by atoms with Crippen LogP contribution in [0.2, 0.25) is 0 Å². The highest BCUT2D eigenvalue weighted by Gasteiger charge is 2.24. The Morgan fingerprint density at radius 3 is 3.11 bits per heavy atom. The Labute approximate surface area is 114 Å². The van der Waals surface area contributed by atoms with Crippen molar-refractivity contribution in [3.05, 3.63) is 24.3 Å². The van der Waals surface area contributed by atoms with Gasteiger partial charge in [-0.3, -0.25) is 0 Å². The molecule has 1 aliphatic heterocycles. The minimum Gasteiger partial charge on any atom is -0.339 e. The summed E-state index contributed by atoms with van der Waals surface area (Å²) in [6.07, 6.45) is 5.07. The Hall–Kier alpha value is -1.55. The van der Waals surface area contributed by atoms with Gasteiger partial charge in [-0.1, -0.05) is 12.1 Å². The second-order valence-electron chi connectivity index (χ2n) is 5.31. The Kier molecular flexibility index (Phi) is 3.69. The van der Waals surface area contributed by atoms with Crippen molar-refractivity contribution < 1.29 is 0 Å². The van der Waals surface area contributed by atoms with E-state index in [1.54, 1.807) is 0 Å². The predicted molar refractivity (Wildman–Crippen MR) is 79.6 cm³/mol. The molecule has 0 aliphatic carbocycles. The number of imidazole rings is 1. The van der Waals surface area contributed by atoms with Crippen LogP contribution < -0.4 is 10.2 Å². The molecule has 102 valence electrons. The fourth-order valence-corrected chi connectivity index (χ4v) is 2.97. The van der Waals surface area contributed by atoms with Crippen molar-refractivity contribution in [2.45, 2.75) is 31.7 Å². The first-order valence-corrected chi connectivity index (χ1v) is 7.24. The molecular formula is C15H22N4. The van der Waals surface area contributed by atoms with Gasteiger partial charge in [-0.05, 0) is 51.4 Å². The summed E-state index contributed by atoms with van der Waals surface area (Å²) in [5, 5.41) is 3.26. The van der Waals surface area contributed by atoms with Gasteiger partial charge >= 0.3 is 0 Å². The van der Waals surface area contributed by atoms with Crippen LogP contribution in [0.3, 0.4) is 0 Å². The molecule has 4 nitrogen and oxygen atoms in total. The zero-order valence-corrected chi connectivity index (χ0v) is 11.5. The van der Waals surface area contributed by atoms with Crippen LogP contribution >= 0.6 is 0 Å². The molecule has 2 aromatic rings. The first-order chi connectivity index (χ1) is 9.38. The lowest BCUT2D eigenvalue weighted by atomic mass is 10.00. The molecule has 4 heteroatoms. The van der Waals surface area contributed by atoms with E-state index in [4.69, 9.17) is 4.98 Å². The number of aromatic amines is 1. The van der Waals surface area contributed by atoms with Gasteiger partial charge in [0.25, 0.3) is 0 Å². The standard InChI is InChI=1S/C15H22N4/c1-16-10-9-12-6-4-5-11-19(12)15-17-13-7-2-3-8-14(13)18-15/h2-3,7-8,12,16H,4-6,9-11H2,1H3,(H,17,18). The van der Waals surface area contributed by atoms with Gasteiger partial charge in [0, 0.05) is 12.6 Å². The number of hydrogen-bond donors (Lipinski definition) is 2. The van der Waals surface area contributed by atoms with E-state index in [1.165, 1.54) is 25.7 Å². The van der Waals surface area contributed by atoms with Crippen molar-refractivity contribution in [3.63, 3.8) is 0 Å². The van der Waals surface area contributed by atoms with Gasteiger partial charge < -0.3 is 15.2 Å². The number of piperidine rings is 1. The molecule has 0 amide bonds. The van der Waals surface area contributed by atoms with Crippen LogP contribution in [-0.4, -0.2) is 36.1 Å². The molecule has 0 spiro atoms. The summed E-state index contributed by atoms with van der Waals surface area (Å²) in [5.41, 5.74) is 2.20. The minimum absolute atomic E-state index is 0.613. The van der Waals surface area contributed by atoms with E-state index in [1.807, 2.05) is 13.1 Å². The highest BCUT2D eigenvalue weighted by molar-refractivity contribution is 5.77. The van der Waals surface area contributed by atoms with Crippen LogP contribution in [0.1, 0.15) is 25.7 Å². The third-order valence-electron chi connectivity index (χ3n) is 4.00. The van der Waals surface area contributed by atoms with Gasteiger partial charge in [0.15, 0.2) is 0 Å². The molecule has 1 aromatic heterocycles. The monoisotopic (exact) mass is 258 g/mol. The van der Waals surface area contributed by atoms with Crippen LogP contribution in [0.25, 0.3) is 11.0 Å². The fraction of sp³-hybridized carbons (Fsp3) is 0.533. The Morgan fingerprint density at radius 2 is 2.26 bits per heavy atom. The second-order valence-corrected chi connectivity index (χ2v) is 5.31. The molecule has 0 radical (unpaired) electrons. The SMILES string of the molecule is CNCCC1CCCCN1c1nc2ccccc2[nH]1. The molecule has 0 saturated carbocycles. The molecule has 1 aliphatic rings. The Morgan fingerprint density at radius 1 is 1.37 bits per heavy atom. The predicted octanol–water partition coefficient (Wildman–Crippen LogP) is 2.53. The van der Waals surface area contributed by atoms with Crippen molar-refractivity contribution >= 4 is 17.0 Å². The van der Waals surface area contributed by atoms with Gasteiger partial charge in [-0.25, -0.2) is 4.98 Å². The second kappa shape index (κ2) is 5.61. The number of aromatic nitrogens is 2. The zero-order chi connectivity index (χ0) is 13.1. The van der Waals surface area contributed by atoms with Gasteiger partial charge in [0.2, 0.25) is 5.95 Å². The average Bonchev–Trinajstić information content (AvgIpc) is 2.89. The number of fused-ring (bicyclic) bond motifs is 1. The van der Waals surface area contributed by atoms with E-state index in [0.717, 1.165) is 30.1 Å². The average molecular weight is 258 g/mol. The summed E-state index contributed by atoms with van der Waals surface area (Å²) < 4.78 is 0. The van der Waals surface area contributed by atoms with Gasteiger partial charge in [0.05, 0.1) is 11.0 Å². The first kappa shape index (κ1) is 12.5. The third kappa shape index (κ3) is 2.59. The number of nitrogens with zero attached hydrogens (tertiary/aromatic N) is 2. The van der Waals surface area contributed by atoms with Crippen LogP contribution in [0, 0.1) is 0 Å². The molecule has 1 saturated heterocycles. The maximum absolute atomic E-state index is 4.74. The summed E-state index contributed by atoms with van der Waals surface area (Å²) >= 11 is 0. The van der Waals surface area contributed by atoms with Crippen molar-refractivity contribution in [2.24, 2.45) is 0 Å². The third-order valence-corrected chi connectivity index (χ3v) is 4.00. The summed E-state index contributed by atoms with van der Waals surface area (Å²) in [4.78, 5) is 10.7. The van der Waals surface area contributed by atoms with E-state index in [-0.39, 0.29) is 0 Å². The molecular weight excluding hydrogens is 236 g/mol. The van der Waals surface area contributed by atoms with Crippen LogP contribution in [0.5, 0.6) is 0 Å². The maximum Gasteiger partial charge on any atom is 0.204 e. The van der Waals surface area contributed by atoms with Gasteiger partial charge in [0.1, 0.15) is 0 Å². The number of H-pyrrole nitrogens is 1. The van der Waals surface area contributed by atoms with Crippen molar-refractivity contribution in [1.82, 2.24) is 15.3 Å². The van der Waals surface area contributed by atoms with Crippen LogP contribution in [0.4, 0.5) is 5.95 Å². The smallest absolute Gasteiger partial charge is 0.204 e. The largest absolute Gasteiger partial charge is 0.339 e. The Balaban J connectivity index is 1.84. The lowest BCUT2D eigenvalue weighted by molar-refractivity contribution is 0.428. The number of benzene rings is 1. The van der Waals surface area contributed by atoms with E-state index in [2.05, 4.69) is 33.4 Å². The molecule has 0 bridgehead atoms. The molecule has 19 heavy (non-hydrogen) atoms. The van der Waals surface area contributed by atoms with Gasteiger partial charge in [-0.15, -0.1) is 0 Å². The fourth-order valence-electron chi connectivity index (χ4n) is 2.97. The number of rotatable bonds is 4. The highest BCUT2D eigenvalue weighted by atomic mass is 15.3. The van der Waals surface area contributed by atoms with Crippen LogP contribution in [0.15, 0.2) is 24.3 Å². The van der Waals surface area contributed by atoms with Gasteiger partial charge in [-0.2, -0.15) is 0 Å². The minimum atomic E-state index is 0.613.